The van der Waals surface area contributed by atoms with Gasteiger partial charge in [0.15, 0.2) is 0 Å². The number of nitrogens with zero attached hydrogens (tertiary/aromatic N) is 4. The Morgan fingerprint density at radius 3 is 2.48 bits per heavy atom. The molecular weight excluding hydrogens is 460 g/mol. The van der Waals surface area contributed by atoms with E-state index in [1.807, 2.05) is 18.2 Å². The zero-order chi connectivity index (χ0) is 21.6. The summed E-state index contributed by atoms with van der Waals surface area (Å²) in [6.45, 7) is 1.06. The Labute approximate surface area is 188 Å². The molecule has 1 fully saturated rings. The van der Waals surface area contributed by atoms with Crippen molar-refractivity contribution in [2.45, 2.75) is 12.8 Å². The Morgan fingerprint density at radius 2 is 1.77 bits per heavy atom. The second-order valence-corrected chi connectivity index (χ2v) is 8.11. The number of aromatic nitrogens is 3. The van der Waals surface area contributed by atoms with Gasteiger partial charge >= 0.3 is 0 Å². The zero-order valence-electron chi connectivity index (χ0n) is 16.7. The lowest BCUT2D eigenvalue weighted by Crippen LogP contribution is -2.41. The second-order valence-electron chi connectivity index (χ2n) is 7.20. The summed E-state index contributed by atoms with van der Waals surface area (Å²) in [6.07, 6.45) is 6.17. The molecule has 1 saturated heterocycles. The molecule has 2 amide bonds. The van der Waals surface area contributed by atoms with E-state index in [-0.39, 0.29) is 17.7 Å². The van der Waals surface area contributed by atoms with Gasteiger partial charge in [0.2, 0.25) is 11.9 Å². The van der Waals surface area contributed by atoms with Gasteiger partial charge in [-0.05, 0) is 65.2 Å². The molecule has 0 saturated carbocycles. The molecule has 4 rings (SSSR count). The standard InChI is InChI=1S/C22H21BrN6O2/c23-17-5-6-19(26-14-17)28-20(30)15-7-11-29(12-8-15)21(31)16-3-1-4-18(13-16)27-22-24-9-2-10-25-22/h1-6,9-10,13-15H,7-8,11-12H2,(H,24,25,27)(H,26,28,30). The number of nitrogens with one attached hydrogen (secondary N) is 2. The van der Waals surface area contributed by atoms with Crippen LogP contribution in [0.4, 0.5) is 17.5 Å². The monoisotopic (exact) mass is 480 g/mol. The molecule has 1 aliphatic rings. The Kier molecular flexibility index (Phi) is 6.51. The number of halogens is 1. The van der Waals surface area contributed by atoms with E-state index in [0.29, 0.717) is 43.3 Å². The minimum Gasteiger partial charge on any atom is -0.339 e. The normalized spacial score (nSPS) is 14.2. The summed E-state index contributed by atoms with van der Waals surface area (Å²) in [4.78, 5) is 39.7. The molecule has 8 nitrogen and oxygen atoms in total. The predicted molar refractivity (Wildman–Crippen MR) is 121 cm³/mol. The van der Waals surface area contributed by atoms with E-state index in [1.54, 1.807) is 47.8 Å². The molecule has 1 aromatic carbocycles. The van der Waals surface area contributed by atoms with Crippen LogP contribution >= 0.6 is 15.9 Å². The molecule has 158 valence electrons. The van der Waals surface area contributed by atoms with Crippen molar-refractivity contribution in [1.29, 1.82) is 0 Å². The Balaban J connectivity index is 1.33. The smallest absolute Gasteiger partial charge is 0.253 e. The zero-order valence-corrected chi connectivity index (χ0v) is 18.2. The van der Waals surface area contributed by atoms with E-state index in [1.165, 1.54) is 0 Å². The number of anilines is 3. The van der Waals surface area contributed by atoms with E-state index in [9.17, 15) is 9.59 Å². The van der Waals surface area contributed by atoms with Gasteiger partial charge in [0.05, 0.1) is 0 Å². The number of benzene rings is 1. The van der Waals surface area contributed by atoms with Crippen LogP contribution in [0.1, 0.15) is 23.2 Å². The molecule has 31 heavy (non-hydrogen) atoms. The van der Waals surface area contributed by atoms with E-state index < -0.39 is 0 Å². The van der Waals surface area contributed by atoms with Gasteiger partial charge in [-0.15, -0.1) is 0 Å². The number of pyridine rings is 1. The van der Waals surface area contributed by atoms with Crippen molar-refractivity contribution in [1.82, 2.24) is 19.9 Å². The van der Waals surface area contributed by atoms with Gasteiger partial charge in [0.1, 0.15) is 5.82 Å². The number of amides is 2. The van der Waals surface area contributed by atoms with Crippen LogP contribution < -0.4 is 10.6 Å². The van der Waals surface area contributed by atoms with Gasteiger partial charge in [-0.25, -0.2) is 15.0 Å². The number of carbonyl (C=O) groups excluding carboxylic acids is 2. The summed E-state index contributed by atoms with van der Waals surface area (Å²) in [6, 6.07) is 12.6. The average Bonchev–Trinajstić information content (AvgIpc) is 2.81. The van der Waals surface area contributed by atoms with E-state index in [4.69, 9.17) is 0 Å². The van der Waals surface area contributed by atoms with Crippen LogP contribution in [0.15, 0.2) is 65.5 Å². The van der Waals surface area contributed by atoms with Crippen molar-refractivity contribution < 1.29 is 9.59 Å². The summed E-state index contributed by atoms with van der Waals surface area (Å²) in [5.74, 6) is 0.748. The van der Waals surface area contributed by atoms with Crippen molar-refractivity contribution in [3.63, 3.8) is 0 Å². The molecule has 2 N–H and O–H groups in total. The Bertz CT molecular complexity index is 1050. The fraction of sp³-hybridized carbons (Fsp3) is 0.227. The fourth-order valence-corrected chi connectivity index (χ4v) is 3.66. The summed E-state index contributed by atoms with van der Waals surface area (Å²) in [5.41, 5.74) is 1.33. The number of rotatable bonds is 5. The summed E-state index contributed by atoms with van der Waals surface area (Å²) in [7, 11) is 0. The quantitative estimate of drug-likeness (QED) is 0.574. The molecule has 2 aromatic heterocycles. The predicted octanol–water partition coefficient (Wildman–Crippen LogP) is 3.87. The van der Waals surface area contributed by atoms with Crippen molar-refractivity contribution in [2.75, 3.05) is 23.7 Å². The molecule has 1 aliphatic heterocycles. The molecule has 0 radical (unpaired) electrons. The minimum absolute atomic E-state index is 0.0499. The first kappa shape index (κ1) is 20.9. The molecule has 0 unspecified atom stereocenters. The first-order valence-corrected chi connectivity index (χ1v) is 10.7. The lowest BCUT2D eigenvalue weighted by molar-refractivity contribution is -0.121. The highest BCUT2D eigenvalue weighted by atomic mass is 79.9. The fourth-order valence-electron chi connectivity index (χ4n) is 3.43. The van der Waals surface area contributed by atoms with Crippen LogP contribution in [0.3, 0.4) is 0 Å². The second kappa shape index (κ2) is 9.65. The third kappa shape index (κ3) is 5.43. The van der Waals surface area contributed by atoms with Gasteiger partial charge < -0.3 is 15.5 Å². The number of likely N-dealkylation sites (tertiary alicyclic amines) is 1. The average molecular weight is 481 g/mol. The highest BCUT2D eigenvalue weighted by Gasteiger charge is 2.28. The topological polar surface area (TPSA) is 100 Å². The maximum Gasteiger partial charge on any atom is 0.253 e. The first-order valence-electron chi connectivity index (χ1n) is 9.94. The van der Waals surface area contributed by atoms with Crippen LogP contribution in [0, 0.1) is 5.92 Å². The lowest BCUT2D eigenvalue weighted by Gasteiger charge is -2.31. The van der Waals surface area contributed by atoms with E-state index in [0.717, 1.165) is 10.2 Å². The highest BCUT2D eigenvalue weighted by Crippen LogP contribution is 2.22. The molecular formula is C22H21BrN6O2. The van der Waals surface area contributed by atoms with Gasteiger partial charge in [0.25, 0.3) is 5.91 Å². The third-order valence-corrected chi connectivity index (χ3v) is 5.53. The summed E-state index contributed by atoms with van der Waals surface area (Å²) >= 11 is 3.33. The minimum atomic E-state index is -0.141. The van der Waals surface area contributed by atoms with Crippen molar-refractivity contribution in [3.05, 3.63) is 71.1 Å². The summed E-state index contributed by atoms with van der Waals surface area (Å²) in [5, 5.41) is 5.95. The van der Waals surface area contributed by atoms with Crippen molar-refractivity contribution in [3.8, 4) is 0 Å². The van der Waals surface area contributed by atoms with Gasteiger partial charge in [-0.3, -0.25) is 9.59 Å². The van der Waals surface area contributed by atoms with Crippen molar-refractivity contribution in [2.24, 2.45) is 5.92 Å². The van der Waals surface area contributed by atoms with Crippen LogP contribution in [-0.2, 0) is 4.79 Å². The molecule has 0 atom stereocenters. The van der Waals surface area contributed by atoms with Crippen LogP contribution in [0.5, 0.6) is 0 Å². The van der Waals surface area contributed by atoms with Gasteiger partial charge in [-0.2, -0.15) is 0 Å². The lowest BCUT2D eigenvalue weighted by atomic mass is 9.95. The summed E-state index contributed by atoms with van der Waals surface area (Å²) < 4.78 is 0.855. The maximum atomic E-state index is 13.0. The van der Waals surface area contributed by atoms with Gasteiger partial charge in [0, 0.05) is 53.3 Å². The molecule has 0 spiro atoms. The molecule has 3 heterocycles. The van der Waals surface area contributed by atoms with Gasteiger partial charge in [-0.1, -0.05) is 6.07 Å². The third-order valence-electron chi connectivity index (χ3n) is 5.06. The van der Waals surface area contributed by atoms with Crippen LogP contribution in [0.2, 0.25) is 0 Å². The van der Waals surface area contributed by atoms with Crippen LogP contribution in [0.25, 0.3) is 0 Å². The van der Waals surface area contributed by atoms with Crippen LogP contribution in [-0.4, -0.2) is 44.8 Å². The maximum absolute atomic E-state index is 13.0. The van der Waals surface area contributed by atoms with E-state index in [2.05, 4.69) is 41.5 Å². The SMILES string of the molecule is O=C(Nc1ccc(Br)cn1)C1CCN(C(=O)c2cccc(Nc3ncccn3)c2)CC1. The number of hydrogen-bond donors (Lipinski definition) is 2. The highest BCUT2D eigenvalue weighted by molar-refractivity contribution is 9.10. The molecule has 3 aromatic rings. The first-order chi connectivity index (χ1) is 15.1. The molecule has 0 bridgehead atoms. The Morgan fingerprint density at radius 1 is 1.00 bits per heavy atom. The number of piperidine rings is 1. The Hall–Kier alpha value is -3.33. The largest absolute Gasteiger partial charge is 0.339 e. The van der Waals surface area contributed by atoms with E-state index >= 15 is 0 Å². The van der Waals surface area contributed by atoms with Crippen molar-refractivity contribution >= 4 is 45.2 Å². The molecule has 9 heteroatoms. The number of hydrogen-bond acceptors (Lipinski definition) is 6. The number of carbonyl (C=O) groups is 2. The molecule has 0 aliphatic carbocycles.